The molecule has 1 aromatic rings. The summed E-state index contributed by atoms with van der Waals surface area (Å²) in [5.41, 5.74) is 0.414. The zero-order valence-electron chi connectivity index (χ0n) is 11.5. The molecule has 1 N–H and O–H groups in total. The molecular weight excluding hydrogens is 344 g/mol. The second kappa shape index (κ2) is 7.57. The molecule has 0 bridgehead atoms. The second-order valence-electron chi connectivity index (χ2n) is 4.26. The maximum absolute atomic E-state index is 11.2. The van der Waals surface area contributed by atoms with Gasteiger partial charge >= 0.3 is 0 Å². The number of aliphatic imine (C=N–C) groups is 1. The molecule has 1 aliphatic rings. The van der Waals surface area contributed by atoms with E-state index in [4.69, 9.17) is 23.8 Å². The Labute approximate surface area is 142 Å². The standard InChI is InChI=1S/C13H13ClN4O2S2/c1-2-5-15-12(21)16-13-17(6-7-22-13)11-8-9(14)3-4-10(11)18(19)20/h2-4,8H,1,5-7H2,(H,15,21)/b16-13+. The van der Waals surface area contributed by atoms with Crippen molar-refractivity contribution in [1.29, 1.82) is 0 Å². The summed E-state index contributed by atoms with van der Waals surface area (Å²) < 4.78 is 0. The van der Waals surface area contributed by atoms with Gasteiger partial charge in [-0.05, 0) is 24.4 Å². The first kappa shape index (κ1) is 16.7. The molecule has 0 saturated carbocycles. The maximum atomic E-state index is 11.2. The fourth-order valence-electron chi connectivity index (χ4n) is 1.87. The Kier molecular flexibility index (Phi) is 5.76. The Bertz CT molecular complexity index is 651. The van der Waals surface area contributed by atoms with E-state index in [1.54, 1.807) is 17.0 Å². The van der Waals surface area contributed by atoms with Crippen LogP contribution in [0, 0.1) is 10.1 Å². The van der Waals surface area contributed by atoms with Crippen molar-refractivity contribution in [1.82, 2.24) is 5.32 Å². The number of amidine groups is 1. The fraction of sp³-hybridized carbons (Fsp3) is 0.231. The van der Waals surface area contributed by atoms with E-state index in [1.807, 2.05) is 0 Å². The number of hydrogen-bond acceptors (Lipinski definition) is 4. The van der Waals surface area contributed by atoms with Crippen molar-refractivity contribution in [3.63, 3.8) is 0 Å². The number of hydrogen-bond donors (Lipinski definition) is 1. The third-order valence-electron chi connectivity index (χ3n) is 2.80. The summed E-state index contributed by atoms with van der Waals surface area (Å²) in [6.45, 7) is 4.71. The van der Waals surface area contributed by atoms with Gasteiger partial charge in [0.2, 0.25) is 0 Å². The normalized spacial score (nSPS) is 15.9. The number of nitrogens with zero attached hydrogens (tertiary/aromatic N) is 3. The summed E-state index contributed by atoms with van der Waals surface area (Å²) in [5.74, 6) is 0.770. The number of nitro groups is 1. The van der Waals surface area contributed by atoms with Crippen molar-refractivity contribution in [3.05, 3.63) is 46.0 Å². The molecule has 9 heteroatoms. The molecule has 0 aromatic heterocycles. The van der Waals surface area contributed by atoms with Crippen LogP contribution in [0.3, 0.4) is 0 Å². The molecule has 1 heterocycles. The van der Waals surface area contributed by atoms with Gasteiger partial charge in [-0.2, -0.15) is 4.99 Å². The van der Waals surface area contributed by atoms with Crippen LogP contribution in [-0.4, -0.2) is 34.0 Å². The largest absolute Gasteiger partial charge is 0.357 e. The Morgan fingerprint density at radius 2 is 2.45 bits per heavy atom. The first-order valence-electron chi connectivity index (χ1n) is 6.34. The molecule has 0 unspecified atom stereocenters. The highest BCUT2D eigenvalue weighted by Gasteiger charge is 2.28. The zero-order chi connectivity index (χ0) is 16.1. The Morgan fingerprint density at radius 1 is 1.68 bits per heavy atom. The molecule has 0 radical (unpaired) electrons. The van der Waals surface area contributed by atoms with Crippen molar-refractivity contribution in [2.75, 3.05) is 23.7 Å². The highest BCUT2D eigenvalue weighted by atomic mass is 35.5. The number of halogens is 1. The molecule has 116 valence electrons. The summed E-state index contributed by atoms with van der Waals surface area (Å²) in [5, 5.41) is 15.5. The van der Waals surface area contributed by atoms with Crippen molar-refractivity contribution in [2.24, 2.45) is 4.99 Å². The van der Waals surface area contributed by atoms with Crippen LogP contribution in [0.1, 0.15) is 0 Å². The summed E-state index contributed by atoms with van der Waals surface area (Å²) in [6, 6.07) is 4.47. The monoisotopic (exact) mass is 356 g/mol. The van der Waals surface area contributed by atoms with Gasteiger partial charge in [0.05, 0.1) is 4.92 Å². The molecule has 1 fully saturated rings. The molecule has 1 aromatic carbocycles. The van der Waals surface area contributed by atoms with Crippen molar-refractivity contribution in [2.45, 2.75) is 0 Å². The lowest BCUT2D eigenvalue weighted by molar-refractivity contribution is -0.384. The fourth-order valence-corrected chi connectivity index (χ4v) is 3.22. The summed E-state index contributed by atoms with van der Waals surface area (Å²) in [6.07, 6.45) is 1.67. The zero-order valence-corrected chi connectivity index (χ0v) is 13.9. The minimum Gasteiger partial charge on any atom is -0.357 e. The third kappa shape index (κ3) is 3.96. The van der Waals surface area contributed by atoms with Gasteiger partial charge in [0, 0.05) is 29.9 Å². The predicted octanol–water partition coefficient (Wildman–Crippen LogP) is 3.22. The van der Waals surface area contributed by atoms with E-state index in [9.17, 15) is 10.1 Å². The number of nitrogens with one attached hydrogen (secondary N) is 1. The molecule has 0 amide bonds. The van der Waals surface area contributed by atoms with Gasteiger partial charge in [-0.25, -0.2) is 0 Å². The number of benzene rings is 1. The van der Waals surface area contributed by atoms with Crippen molar-refractivity contribution in [3.8, 4) is 0 Å². The van der Waals surface area contributed by atoms with Crippen LogP contribution < -0.4 is 10.2 Å². The van der Waals surface area contributed by atoms with Crippen molar-refractivity contribution < 1.29 is 4.92 Å². The maximum Gasteiger partial charge on any atom is 0.293 e. The quantitative estimate of drug-likeness (QED) is 0.386. The number of thioether (sulfide) groups is 1. The van der Waals surface area contributed by atoms with Crippen LogP contribution in [-0.2, 0) is 0 Å². The number of nitro benzene ring substituents is 1. The van der Waals surface area contributed by atoms with Crippen LogP contribution in [0.2, 0.25) is 5.02 Å². The lowest BCUT2D eigenvalue weighted by Crippen LogP contribution is -2.28. The SMILES string of the molecule is C=CCNC(=S)/N=C1/SCCN1c1cc(Cl)ccc1[N+](=O)[O-]. The predicted molar refractivity (Wildman–Crippen MR) is 96.1 cm³/mol. The number of rotatable bonds is 4. The average Bonchev–Trinajstić information content (AvgIpc) is 2.92. The van der Waals surface area contributed by atoms with Gasteiger partial charge in [0.15, 0.2) is 10.3 Å². The molecule has 1 saturated heterocycles. The van der Waals surface area contributed by atoms with Crippen LogP contribution in [0.15, 0.2) is 35.8 Å². The van der Waals surface area contributed by atoms with Crippen LogP contribution in [0.5, 0.6) is 0 Å². The van der Waals surface area contributed by atoms with Crippen LogP contribution >= 0.6 is 35.6 Å². The van der Waals surface area contributed by atoms with Gasteiger partial charge in [-0.3, -0.25) is 10.1 Å². The minimum absolute atomic E-state index is 0.00966. The Balaban J connectivity index is 2.33. The number of anilines is 1. The molecule has 22 heavy (non-hydrogen) atoms. The van der Waals surface area contributed by atoms with Crippen molar-refractivity contribution >= 4 is 57.2 Å². The van der Waals surface area contributed by atoms with Gasteiger partial charge in [-0.15, -0.1) is 6.58 Å². The van der Waals surface area contributed by atoms with Crippen LogP contribution in [0.4, 0.5) is 11.4 Å². The van der Waals surface area contributed by atoms with Crippen LogP contribution in [0.25, 0.3) is 0 Å². The average molecular weight is 357 g/mol. The van der Waals surface area contributed by atoms with Gasteiger partial charge in [0.25, 0.3) is 5.69 Å². The Hall–Kier alpha value is -1.64. The van der Waals surface area contributed by atoms with E-state index in [0.29, 0.717) is 34.1 Å². The third-order valence-corrected chi connectivity index (χ3v) is 4.22. The molecule has 0 spiro atoms. The van der Waals surface area contributed by atoms with E-state index >= 15 is 0 Å². The molecule has 0 atom stereocenters. The lowest BCUT2D eigenvalue weighted by Gasteiger charge is -2.18. The van der Waals surface area contributed by atoms with Gasteiger partial charge in [0.1, 0.15) is 5.69 Å². The smallest absolute Gasteiger partial charge is 0.293 e. The van der Waals surface area contributed by atoms with E-state index in [1.165, 1.54) is 23.9 Å². The summed E-state index contributed by atoms with van der Waals surface area (Å²) >= 11 is 12.6. The van der Waals surface area contributed by atoms with E-state index in [0.717, 1.165) is 5.75 Å². The van der Waals surface area contributed by atoms with Gasteiger partial charge in [-0.1, -0.05) is 29.4 Å². The van der Waals surface area contributed by atoms with Gasteiger partial charge < -0.3 is 10.2 Å². The molecule has 2 rings (SSSR count). The highest BCUT2D eigenvalue weighted by Crippen LogP contribution is 2.35. The minimum atomic E-state index is -0.430. The second-order valence-corrected chi connectivity index (χ2v) is 6.14. The first-order chi connectivity index (χ1) is 10.5. The lowest BCUT2D eigenvalue weighted by atomic mass is 10.2. The van der Waals surface area contributed by atoms with E-state index < -0.39 is 4.92 Å². The Morgan fingerprint density at radius 3 is 3.14 bits per heavy atom. The van der Waals surface area contributed by atoms with E-state index in [-0.39, 0.29) is 5.69 Å². The molecule has 6 nitrogen and oxygen atoms in total. The molecule has 1 aliphatic heterocycles. The highest BCUT2D eigenvalue weighted by molar-refractivity contribution is 8.14. The topological polar surface area (TPSA) is 70.8 Å². The molecule has 0 aliphatic carbocycles. The number of thiocarbonyl (C=S) groups is 1. The first-order valence-corrected chi connectivity index (χ1v) is 8.12. The van der Waals surface area contributed by atoms with E-state index in [2.05, 4.69) is 16.9 Å². The summed E-state index contributed by atoms with van der Waals surface area (Å²) in [4.78, 5) is 16.8. The molecular formula is C13H13ClN4O2S2. The summed E-state index contributed by atoms with van der Waals surface area (Å²) in [7, 11) is 0.